The van der Waals surface area contributed by atoms with E-state index in [-0.39, 0.29) is 17.6 Å². The third-order valence-electron chi connectivity index (χ3n) is 2.92. The molecule has 0 saturated carbocycles. The number of ether oxygens (including phenoxy) is 1. The number of aromatic nitrogens is 3. The first-order valence-corrected chi connectivity index (χ1v) is 8.31. The van der Waals surface area contributed by atoms with Gasteiger partial charge in [0.15, 0.2) is 5.16 Å². The zero-order valence-electron chi connectivity index (χ0n) is 13.3. The van der Waals surface area contributed by atoms with Crippen molar-refractivity contribution in [2.45, 2.75) is 18.6 Å². The maximum atomic E-state index is 12.0. The lowest BCUT2D eigenvalue weighted by Crippen LogP contribution is -2.14. The molecular weight excluding hydrogens is 328 g/mol. The van der Waals surface area contributed by atoms with E-state index in [9.17, 15) is 9.59 Å². The highest BCUT2D eigenvalue weighted by molar-refractivity contribution is 7.99. The van der Waals surface area contributed by atoms with Crippen molar-refractivity contribution in [2.24, 2.45) is 0 Å². The van der Waals surface area contributed by atoms with Gasteiger partial charge in [0.25, 0.3) is 0 Å². The van der Waals surface area contributed by atoms with Crippen molar-refractivity contribution in [2.75, 3.05) is 17.7 Å². The zero-order chi connectivity index (χ0) is 17.4. The van der Waals surface area contributed by atoms with Crippen molar-refractivity contribution < 1.29 is 14.3 Å². The summed E-state index contributed by atoms with van der Waals surface area (Å²) in [4.78, 5) is 23.6. The molecule has 0 radical (unpaired) electrons. The van der Waals surface area contributed by atoms with Crippen LogP contribution < -0.4 is 5.32 Å². The molecule has 0 atom stereocenters. The Morgan fingerprint density at radius 2 is 2.12 bits per heavy atom. The van der Waals surface area contributed by atoms with E-state index in [1.165, 1.54) is 11.8 Å². The van der Waals surface area contributed by atoms with Crippen molar-refractivity contribution in [3.8, 4) is 0 Å². The quantitative estimate of drug-likeness (QED) is 0.449. The molecule has 7 nitrogen and oxygen atoms in total. The van der Waals surface area contributed by atoms with Crippen molar-refractivity contribution in [1.82, 2.24) is 14.8 Å². The number of hydrogen-bond donors (Lipinski definition) is 1. The highest BCUT2D eigenvalue weighted by atomic mass is 32.2. The number of nitrogens with one attached hydrogen (secondary N) is 1. The fourth-order valence-electron chi connectivity index (χ4n) is 1.85. The summed E-state index contributed by atoms with van der Waals surface area (Å²) in [6, 6.07) is 6.55. The molecule has 8 heteroatoms. The molecule has 2 aromatic rings. The van der Waals surface area contributed by atoms with E-state index in [0.29, 0.717) is 29.6 Å². The van der Waals surface area contributed by atoms with Crippen LogP contribution in [0.2, 0.25) is 0 Å². The number of anilines is 1. The third kappa shape index (κ3) is 4.95. The standard InChI is InChI=1S/C16H18N4O3S/c1-3-9-20-11-17-19-16(20)24-10-14(21)18-13-7-5-12(6-8-13)15(22)23-4-2/h3,5-8,11H,1,4,9-10H2,2H3,(H,18,21). The Hall–Kier alpha value is -2.61. The maximum absolute atomic E-state index is 12.0. The van der Waals surface area contributed by atoms with Gasteiger partial charge in [-0.05, 0) is 31.2 Å². The van der Waals surface area contributed by atoms with Crippen molar-refractivity contribution in [1.29, 1.82) is 0 Å². The summed E-state index contributed by atoms with van der Waals surface area (Å²) in [5.41, 5.74) is 1.06. The summed E-state index contributed by atoms with van der Waals surface area (Å²) in [5, 5.41) is 11.2. The largest absolute Gasteiger partial charge is 0.462 e. The van der Waals surface area contributed by atoms with Crippen molar-refractivity contribution in [3.63, 3.8) is 0 Å². The average Bonchev–Trinajstić information content (AvgIpc) is 3.01. The number of amides is 1. The number of hydrogen-bond acceptors (Lipinski definition) is 6. The van der Waals surface area contributed by atoms with Gasteiger partial charge in [0.2, 0.25) is 5.91 Å². The lowest BCUT2D eigenvalue weighted by molar-refractivity contribution is -0.113. The van der Waals surface area contributed by atoms with Gasteiger partial charge in [0.1, 0.15) is 6.33 Å². The third-order valence-corrected chi connectivity index (χ3v) is 3.90. The summed E-state index contributed by atoms with van der Waals surface area (Å²) in [6.45, 7) is 6.32. The Morgan fingerprint density at radius 1 is 1.38 bits per heavy atom. The second kappa shape index (κ2) is 8.88. The molecule has 0 unspecified atom stereocenters. The summed E-state index contributed by atoms with van der Waals surface area (Å²) < 4.78 is 6.71. The molecule has 1 amide bonds. The maximum Gasteiger partial charge on any atom is 0.338 e. The molecule has 0 aliphatic carbocycles. The second-order valence-electron chi connectivity index (χ2n) is 4.69. The normalized spacial score (nSPS) is 10.2. The average molecular weight is 346 g/mol. The molecule has 0 bridgehead atoms. The number of esters is 1. The van der Waals surface area contributed by atoms with Crippen LogP contribution in [-0.4, -0.2) is 39.0 Å². The van der Waals surface area contributed by atoms with Crippen LogP contribution in [0.25, 0.3) is 0 Å². The molecule has 0 fully saturated rings. The topological polar surface area (TPSA) is 86.1 Å². The van der Waals surface area contributed by atoms with E-state index in [1.807, 2.05) is 0 Å². The number of nitrogens with zero attached hydrogens (tertiary/aromatic N) is 3. The molecule has 1 aromatic heterocycles. The number of carbonyl (C=O) groups is 2. The molecule has 126 valence electrons. The van der Waals surface area contributed by atoms with E-state index in [0.717, 1.165) is 0 Å². The van der Waals surface area contributed by atoms with Crippen LogP contribution in [0.5, 0.6) is 0 Å². The summed E-state index contributed by atoms with van der Waals surface area (Å²) in [6.07, 6.45) is 3.33. The second-order valence-corrected chi connectivity index (χ2v) is 5.63. The fourth-order valence-corrected chi connectivity index (χ4v) is 2.58. The molecule has 1 aromatic carbocycles. The van der Waals surface area contributed by atoms with Gasteiger partial charge in [0, 0.05) is 12.2 Å². The van der Waals surface area contributed by atoms with Gasteiger partial charge in [-0.2, -0.15) is 0 Å². The highest BCUT2D eigenvalue weighted by Crippen LogP contribution is 2.16. The van der Waals surface area contributed by atoms with E-state index in [2.05, 4.69) is 22.1 Å². The molecular formula is C16H18N4O3S. The van der Waals surface area contributed by atoms with E-state index in [4.69, 9.17) is 4.74 Å². The van der Waals surface area contributed by atoms with E-state index in [1.54, 1.807) is 48.2 Å². The number of rotatable bonds is 8. The Morgan fingerprint density at radius 3 is 2.79 bits per heavy atom. The first kappa shape index (κ1) is 17.7. The zero-order valence-corrected chi connectivity index (χ0v) is 14.1. The number of thioether (sulfide) groups is 1. The summed E-state index contributed by atoms with van der Waals surface area (Å²) in [7, 11) is 0. The predicted octanol–water partition coefficient (Wildman–Crippen LogP) is 2.37. The number of allylic oxidation sites excluding steroid dienone is 1. The molecule has 2 rings (SSSR count). The van der Waals surface area contributed by atoms with E-state index < -0.39 is 0 Å². The molecule has 1 heterocycles. The van der Waals surface area contributed by atoms with Gasteiger partial charge in [-0.3, -0.25) is 4.79 Å². The highest BCUT2D eigenvalue weighted by Gasteiger charge is 2.10. The van der Waals surface area contributed by atoms with Crippen LogP contribution in [-0.2, 0) is 16.1 Å². The van der Waals surface area contributed by atoms with Gasteiger partial charge in [0.05, 0.1) is 17.9 Å². The lowest BCUT2D eigenvalue weighted by atomic mass is 10.2. The summed E-state index contributed by atoms with van der Waals surface area (Å²) >= 11 is 1.29. The monoisotopic (exact) mass is 346 g/mol. The van der Waals surface area contributed by atoms with Gasteiger partial charge in [-0.15, -0.1) is 16.8 Å². The Labute approximate surface area is 144 Å². The predicted molar refractivity (Wildman–Crippen MR) is 92.0 cm³/mol. The van der Waals surface area contributed by atoms with Crippen LogP contribution in [0.1, 0.15) is 17.3 Å². The molecule has 0 saturated heterocycles. The van der Waals surface area contributed by atoms with Crippen LogP contribution >= 0.6 is 11.8 Å². The minimum absolute atomic E-state index is 0.169. The molecule has 1 N–H and O–H groups in total. The first-order chi connectivity index (χ1) is 11.6. The van der Waals surface area contributed by atoms with Crippen molar-refractivity contribution >= 4 is 29.3 Å². The minimum Gasteiger partial charge on any atom is -0.462 e. The molecule has 0 aliphatic rings. The SMILES string of the molecule is C=CCn1cnnc1SCC(=O)Nc1ccc(C(=O)OCC)cc1. The van der Waals surface area contributed by atoms with Gasteiger partial charge >= 0.3 is 5.97 Å². The van der Waals surface area contributed by atoms with Gasteiger partial charge in [-0.25, -0.2) is 4.79 Å². The molecule has 0 aliphatic heterocycles. The number of benzene rings is 1. The fraction of sp³-hybridized carbons (Fsp3) is 0.250. The van der Waals surface area contributed by atoms with Crippen LogP contribution in [0.4, 0.5) is 5.69 Å². The smallest absolute Gasteiger partial charge is 0.338 e. The van der Waals surface area contributed by atoms with Gasteiger partial charge in [-0.1, -0.05) is 17.8 Å². The number of carbonyl (C=O) groups excluding carboxylic acids is 2. The minimum atomic E-state index is -0.382. The van der Waals surface area contributed by atoms with Crippen LogP contribution in [0, 0.1) is 0 Å². The van der Waals surface area contributed by atoms with Crippen LogP contribution in [0.15, 0.2) is 48.4 Å². The van der Waals surface area contributed by atoms with E-state index >= 15 is 0 Å². The Balaban J connectivity index is 1.87. The molecule has 0 spiro atoms. The van der Waals surface area contributed by atoms with Crippen molar-refractivity contribution in [3.05, 3.63) is 48.8 Å². The lowest BCUT2D eigenvalue weighted by Gasteiger charge is -2.07. The molecule has 24 heavy (non-hydrogen) atoms. The Bertz CT molecular complexity index is 712. The Kier molecular flexibility index (Phi) is 6.56. The first-order valence-electron chi connectivity index (χ1n) is 7.32. The van der Waals surface area contributed by atoms with Gasteiger partial charge < -0.3 is 14.6 Å². The van der Waals surface area contributed by atoms with Crippen LogP contribution in [0.3, 0.4) is 0 Å². The summed E-state index contributed by atoms with van der Waals surface area (Å²) in [5.74, 6) is -0.348.